The van der Waals surface area contributed by atoms with E-state index in [0.717, 1.165) is 42.4 Å². The third-order valence-corrected chi connectivity index (χ3v) is 5.69. The first-order valence-corrected chi connectivity index (χ1v) is 8.56. The molecule has 0 atom stereocenters. The molecule has 4 heteroatoms. The monoisotopic (exact) mass is 333 g/mol. The number of halogens is 1. The Labute approximate surface area is 142 Å². The van der Waals surface area contributed by atoms with Crippen LogP contribution in [-0.4, -0.2) is 16.6 Å². The molecule has 0 bridgehead atoms. The van der Waals surface area contributed by atoms with Crippen molar-refractivity contribution < 1.29 is 9.90 Å². The van der Waals surface area contributed by atoms with Gasteiger partial charge in [0.1, 0.15) is 5.76 Å². The second-order valence-electron chi connectivity index (χ2n) is 7.84. The van der Waals surface area contributed by atoms with E-state index in [0.29, 0.717) is 10.6 Å². The number of nitrogens with one attached hydrogen (secondary N) is 1. The number of rotatable bonds is 1. The Balaban J connectivity index is 2.08. The summed E-state index contributed by atoms with van der Waals surface area (Å²) in [6.07, 6.45) is 3.55. The Morgan fingerprint density at radius 1 is 1.09 bits per heavy atom. The minimum Gasteiger partial charge on any atom is -0.509 e. The Kier molecular flexibility index (Phi) is 3.75. The van der Waals surface area contributed by atoms with Gasteiger partial charge in [0.05, 0.1) is 11.1 Å². The molecule has 2 aliphatic rings. The summed E-state index contributed by atoms with van der Waals surface area (Å²) in [5, 5.41) is 14.7. The van der Waals surface area contributed by atoms with Crippen LogP contribution in [0.15, 0.2) is 17.9 Å². The van der Waals surface area contributed by atoms with Crippen molar-refractivity contribution in [3.63, 3.8) is 0 Å². The zero-order valence-electron chi connectivity index (χ0n) is 14.2. The van der Waals surface area contributed by atoms with Gasteiger partial charge in [0.15, 0.2) is 0 Å². The molecule has 1 heterocycles. The molecule has 3 nitrogen and oxygen atoms in total. The quantitative estimate of drug-likeness (QED) is 0.783. The van der Waals surface area contributed by atoms with Gasteiger partial charge in [0.2, 0.25) is 0 Å². The fourth-order valence-electron chi connectivity index (χ4n) is 3.94. The average Bonchev–Trinajstić information content (AvgIpc) is 2.66. The lowest BCUT2D eigenvalue weighted by Gasteiger charge is -2.41. The lowest BCUT2D eigenvalue weighted by molar-refractivity contribution is -0.116. The predicted molar refractivity (Wildman–Crippen MR) is 93.6 cm³/mol. The smallest absolute Gasteiger partial charge is 0.256 e. The van der Waals surface area contributed by atoms with Crippen molar-refractivity contribution in [1.29, 1.82) is 0 Å². The Bertz CT molecular complexity index is 685. The molecule has 1 aromatic rings. The van der Waals surface area contributed by atoms with Gasteiger partial charge in [-0.25, -0.2) is 0 Å². The number of aliphatic hydroxyl groups is 1. The molecule has 2 N–H and O–H groups in total. The average molecular weight is 334 g/mol. The topological polar surface area (TPSA) is 49.3 Å². The minimum atomic E-state index is -0.583. The summed E-state index contributed by atoms with van der Waals surface area (Å²) in [5.74, 6) is 0.0438. The summed E-state index contributed by atoms with van der Waals surface area (Å²) in [5.41, 5.74) is 2.76. The van der Waals surface area contributed by atoms with Crippen molar-refractivity contribution in [2.75, 3.05) is 0 Å². The van der Waals surface area contributed by atoms with Crippen LogP contribution in [0.5, 0.6) is 0 Å². The molecule has 0 aromatic heterocycles. The van der Waals surface area contributed by atoms with Gasteiger partial charge >= 0.3 is 0 Å². The summed E-state index contributed by atoms with van der Waals surface area (Å²) < 4.78 is 0. The maximum atomic E-state index is 12.6. The molecule has 1 spiro atoms. The number of benzene rings is 1. The summed E-state index contributed by atoms with van der Waals surface area (Å²) >= 11 is 6.10. The molecule has 1 aliphatic heterocycles. The summed E-state index contributed by atoms with van der Waals surface area (Å²) in [6, 6.07) is 3.68. The number of hydrogen-bond acceptors (Lipinski definition) is 2. The van der Waals surface area contributed by atoms with Gasteiger partial charge in [0, 0.05) is 5.02 Å². The normalized spacial score (nSPS) is 22.6. The van der Waals surface area contributed by atoms with E-state index in [1.165, 1.54) is 0 Å². The van der Waals surface area contributed by atoms with Crippen molar-refractivity contribution in [3.8, 4) is 0 Å². The van der Waals surface area contributed by atoms with E-state index >= 15 is 0 Å². The number of carbonyl (C=O) groups excluding carboxylic acids is 1. The van der Waals surface area contributed by atoms with Crippen LogP contribution in [0.3, 0.4) is 0 Å². The second-order valence-corrected chi connectivity index (χ2v) is 8.28. The van der Waals surface area contributed by atoms with Gasteiger partial charge in [-0.1, -0.05) is 25.4 Å². The van der Waals surface area contributed by atoms with Crippen LogP contribution in [0.25, 0.3) is 5.57 Å². The van der Waals surface area contributed by atoms with Crippen LogP contribution in [0.2, 0.25) is 5.02 Å². The van der Waals surface area contributed by atoms with E-state index in [4.69, 9.17) is 11.6 Å². The zero-order valence-corrected chi connectivity index (χ0v) is 15.0. The zero-order chi connectivity index (χ0) is 17.0. The highest BCUT2D eigenvalue weighted by Gasteiger charge is 2.49. The molecule has 23 heavy (non-hydrogen) atoms. The molecule has 1 aromatic carbocycles. The summed E-state index contributed by atoms with van der Waals surface area (Å²) in [4.78, 5) is 12.6. The van der Waals surface area contributed by atoms with E-state index in [2.05, 4.69) is 19.2 Å². The molecular formula is C19H24ClNO2. The first-order chi connectivity index (χ1) is 10.7. The van der Waals surface area contributed by atoms with E-state index < -0.39 is 5.54 Å². The van der Waals surface area contributed by atoms with Crippen LogP contribution < -0.4 is 5.32 Å². The van der Waals surface area contributed by atoms with Crippen LogP contribution in [0.4, 0.5) is 0 Å². The second kappa shape index (κ2) is 5.27. The minimum absolute atomic E-state index is 0.171. The number of aryl methyl sites for hydroxylation is 2. The van der Waals surface area contributed by atoms with Gasteiger partial charge in [-0.2, -0.15) is 0 Å². The maximum Gasteiger partial charge on any atom is 0.256 e. The summed E-state index contributed by atoms with van der Waals surface area (Å²) in [6.45, 7) is 8.34. The standard InChI is InChI=1S/C19H24ClNO2/c1-11-9-13(20)10-12(2)14(11)15-16(22)19(21-17(15)23)7-5-18(3,4)6-8-19/h9-10,22H,5-8H2,1-4H3,(H,21,23). The third kappa shape index (κ3) is 2.65. The van der Waals surface area contributed by atoms with Crippen molar-refractivity contribution in [2.24, 2.45) is 5.41 Å². The SMILES string of the molecule is Cc1cc(Cl)cc(C)c1C1=C(O)C2(CCC(C)(C)CC2)NC1=O. The molecule has 0 saturated heterocycles. The van der Waals surface area contributed by atoms with Crippen LogP contribution in [0.1, 0.15) is 56.2 Å². The van der Waals surface area contributed by atoms with E-state index in [-0.39, 0.29) is 17.1 Å². The van der Waals surface area contributed by atoms with E-state index in [1.54, 1.807) is 0 Å². The molecule has 0 unspecified atom stereocenters. The maximum absolute atomic E-state index is 12.6. The van der Waals surface area contributed by atoms with Crippen molar-refractivity contribution in [3.05, 3.63) is 39.6 Å². The summed E-state index contributed by atoms with van der Waals surface area (Å²) in [7, 11) is 0. The van der Waals surface area contributed by atoms with E-state index in [9.17, 15) is 9.90 Å². The van der Waals surface area contributed by atoms with Crippen LogP contribution >= 0.6 is 11.6 Å². The molecule has 124 valence electrons. The lowest BCUT2D eigenvalue weighted by Crippen LogP contribution is -2.48. The van der Waals surface area contributed by atoms with Gasteiger partial charge in [-0.3, -0.25) is 4.79 Å². The molecule has 1 amide bonds. The van der Waals surface area contributed by atoms with Crippen molar-refractivity contribution in [1.82, 2.24) is 5.32 Å². The number of amides is 1. The first kappa shape index (κ1) is 16.4. The highest BCUT2D eigenvalue weighted by Crippen LogP contribution is 2.47. The highest BCUT2D eigenvalue weighted by atomic mass is 35.5. The van der Waals surface area contributed by atoms with Crippen LogP contribution in [0, 0.1) is 19.3 Å². The van der Waals surface area contributed by atoms with Crippen LogP contribution in [-0.2, 0) is 4.79 Å². The largest absolute Gasteiger partial charge is 0.509 e. The Morgan fingerprint density at radius 3 is 2.13 bits per heavy atom. The number of carbonyl (C=O) groups is 1. The number of aliphatic hydroxyl groups excluding tert-OH is 1. The van der Waals surface area contributed by atoms with Crippen molar-refractivity contribution >= 4 is 23.1 Å². The molecule has 0 radical (unpaired) electrons. The van der Waals surface area contributed by atoms with Gasteiger partial charge in [0.25, 0.3) is 5.91 Å². The molecule has 1 fully saturated rings. The third-order valence-electron chi connectivity index (χ3n) is 5.47. The van der Waals surface area contributed by atoms with Gasteiger partial charge in [-0.15, -0.1) is 0 Å². The van der Waals surface area contributed by atoms with Gasteiger partial charge in [-0.05, 0) is 73.8 Å². The fraction of sp³-hybridized carbons (Fsp3) is 0.526. The van der Waals surface area contributed by atoms with E-state index in [1.807, 2.05) is 26.0 Å². The first-order valence-electron chi connectivity index (χ1n) is 8.19. The molecule has 1 saturated carbocycles. The molecule has 1 aliphatic carbocycles. The Hall–Kier alpha value is -1.48. The predicted octanol–water partition coefficient (Wildman–Crippen LogP) is 4.69. The molecule has 3 rings (SSSR count). The number of hydrogen-bond donors (Lipinski definition) is 2. The lowest BCUT2D eigenvalue weighted by atomic mass is 9.69. The van der Waals surface area contributed by atoms with Gasteiger partial charge < -0.3 is 10.4 Å². The highest BCUT2D eigenvalue weighted by molar-refractivity contribution is 6.31. The van der Waals surface area contributed by atoms with Crippen molar-refractivity contribution in [2.45, 2.75) is 58.9 Å². The fourth-order valence-corrected chi connectivity index (χ4v) is 4.27. The Morgan fingerprint density at radius 2 is 1.61 bits per heavy atom. The molecular weight excluding hydrogens is 310 g/mol.